The Labute approximate surface area is 96.2 Å². The maximum atomic E-state index is 11.4. The van der Waals surface area contributed by atoms with Crippen LogP contribution in [0.3, 0.4) is 0 Å². The molecule has 15 heavy (non-hydrogen) atoms. The molecular weight excluding hydrogens is 214 g/mol. The SMILES string of the molecule is CC(=O)N[C@@H](CS)C(=O)OCCC(C)C. The Hall–Kier alpha value is -0.710. The summed E-state index contributed by atoms with van der Waals surface area (Å²) in [4.78, 5) is 22.2. The number of hydrogen-bond acceptors (Lipinski definition) is 4. The zero-order chi connectivity index (χ0) is 11.8. The van der Waals surface area contributed by atoms with E-state index in [2.05, 4.69) is 31.8 Å². The van der Waals surface area contributed by atoms with Crippen molar-refractivity contribution in [1.82, 2.24) is 5.32 Å². The van der Waals surface area contributed by atoms with Crippen LogP contribution in [0.25, 0.3) is 0 Å². The molecule has 0 saturated carbocycles. The summed E-state index contributed by atoms with van der Waals surface area (Å²) in [6.07, 6.45) is 0.825. The van der Waals surface area contributed by atoms with Gasteiger partial charge in [0.1, 0.15) is 6.04 Å². The second kappa shape index (κ2) is 7.56. The minimum atomic E-state index is -0.641. The van der Waals surface area contributed by atoms with Crippen LogP contribution >= 0.6 is 12.6 Å². The quantitative estimate of drug-likeness (QED) is 0.532. The topological polar surface area (TPSA) is 55.4 Å². The second-order valence-corrected chi connectivity index (χ2v) is 4.15. The highest BCUT2D eigenvalue weighted by Crippen LogP contribution is 2.00. The van der Waals surface area contributed by atoms with Crippen molar-refractivity contribution in [2.75, 3.05) is 12.4 Å². The van der Waals surface area contributed by atoms with Gasteiger partial charge in [-0.3, -0.25) is 4.79 Å². The summed E-state index contributed by atoms with van der Waals surface area (Å²) < 4.78 is 5.00. The predicted molar refractivity (Wildman–Crippen MR) is 61.9 cm³/mol. The van der Waals surface area contributed by atoms with Crippen molar-refractivity contribution in [1.29, 1.82) is 0 Å². The molecule has 5 heteroatoms. The summed E-state index contributed by atoms with van der Waals surface area (Å²) >= 11 is 3.98. The first-order valence-electron chi connectivity index (χ1n) is 5.02. The van der Waals surface area contributed by atoms with Gasteiger partial charge in [-0.25, -0.2) is 4.79 Å². The zero-order valence-electron chi connectivity index (χ0n) is 9.45. The summed E-state index contributed by atoms with van der Waals surface area (Å²) in [5, 5.41) is 2.48. The van der Waals surface area contributed by atoms with E-state index in [0.717, 1.165) is 6.42 Å². The van der Waals surface area contributed by atoms with Crippen molar-refractivity contribution >= 4 is 24.5 Å². The van der Waals surface area contributed by atoms with Crippen LogP contribution in [-0.4, -0.2) is 30.3 Å². The van der Waals surface area contributed by atoms with E-state index in [1.54, 1.807) is 0 Å². The molecule has 0 saturated heterocycles. The Kier molecular flexibility index (Phi) is 7.21. The van der Waals surface area contributed by atoms with Gasteiger partial charge in [0.15, 0.2) is 0 Å². The third-order valence-electron chi connectivity index (χ3n) is 1.78. The van der Waals surface area contributed by atoms with Crippen molar-refractivity contribution in [3.05, 3.63) is 0 Å². The van der Waals surface area contributed by atoms with Crippen LogP contribution < -0.4 is 5.32 Å². The van der Waals surface area contributed by atoms with Crippen LogP contribution in [0.1, 0.15) is 27.2 Å². The largest absolute Gasteiger partial charge is 0.464 e. The van der Waals surface area contributed by atoms with Crippen LogP contribution in [0.4, 0.5) is 0 Å². The lowest BCUT2D eigenvalue weighted by molar-refractivity contribution is -0.147. The molecule has 0 fully saturated rings. The number of carbonyl (C=O) groups is 2. The first-order chi connectivity index (χ1) is 6.97. The minimum absolute atomic E-state index is 0.250. The number of hydrogen-bond donors (Lipinski definition) is 2. The van der Waals surface area contributed by atoms with E-state index >= 15 is 0 Å². The van der Waals surface area contributed by atoms with Gasteiger partial charge in [0.2, 0.25) is 5.91 Å². The summed E-state index contributed by atoms with van der Waals surface area (Å²) in [6.45, 7) is 5.85. The predicted octanol–water partition coefficient (Wildman–Crippen LogP) is 1.01. The molecule has 0 aromatic carbocycles. The van der Waals surface area contributed by atoms with Gasteiger partial charge in [0.25, 0.3) is 0 Å². The molecule has 0 aromatic heterocycles. The molecule has 0 radical (unpaired) electrons. The molecule has 1 N–H and O–H groups in total. The molecule has 0 aliphatic carbocycles. The molecule has 1 amide bonds. The molecule has 0 rings (SSSR count). The van der Waals surface area contributed by atoms with Gasteiger partial charge in [-0.2, -0.15) is 12.6 Å². The molecule has 0 aromatic rings. The van der Waals surface area contributed by atoms with Crippen molar-refractivity contribution in [2.24, 2.45) is 5.92 Å². The normalized spacial score (nSPS) is 12.3. The molecule has 0 bridgehead atoms. The van der Waals surface area contributed by atoms with Gasteiger partial charge in [0, 0.05) is 12.7 Å². The van der Waals surface area contributed by atoms with Crippen LogP contribution in [-0.2, 0) is 14.3 Å². The van der Waals surface area contributed by atoms with Gasteiger partial charge in [0.05, 0.1) is 6.61 Å². The fourth-order valence-corrected chi connectivity index (χ4v) is 1.16. The number of nitrogens with one attached hydrogen (secondary N) is 1. The Morgan fingerprint density at radius 2 is 2.00 bits per heavy atom. The summed E-state index contributed by atoms with van der Waals surface area (Å²) in [5.41, 5.74) is 0. The number of thiol groups is 1. The molecule has 0 aliphatic heterocycles. The number of ether oxygens (including phenoxy) is 1. The third kappa shape index (κ3) is 7.25. The number of esters is 1. The van der Waals surface area contributed by atoms with E-state index in [-0.39, 0.29) is 11.7 Å². The monoisotopic (exact) mass is 233 g/mol. The van der Waals surface area contributed by atoms with Crippen molar-refractivity contribution in [3.63, 3.8) is 0 Å². The Bertz CT molecular complexity index is 219. The summed E-state index contributed by atoms with van der Waals surface area (Å²) in [5.74, 6) is 0.0730. The molecule has 0 aliphatic rings. The van der Waals surface area contributed by atoms with Crippen molar-refractivity contribution in [2.45, 2.75) is 33.2 Å². The molecule has 4 nitrogen and oxygen atoms in total. The second-order valence-electron chi connectivity index (χ2n) is 3.79. The highest BCUT2D eigenvalue weighted by molar-refractivity contribution is 7.80. The molecule has 88 valence electrons. The smallest absolute Gasteiger partial charge is 0.329 e. The van der Waals surface area contributed by atoms with E-state index in [0.29, 0.717) is 12.5 Å². The zero-order valence-corrected chi connectivity index (χ0v) is 10.3. The van der Waals surface area contributed by atoms with Crippen LogP contribution in [0.2, 0.25) is 0 Å². The van der Waals surface area contributed by atoms with Gasteiger partial charge in [-0.05, 0) is 12.3 Å². The fourth-order valence-electron chi connectivity index (χ4n) is 0.920. The lowest BCUT2D eigenvalue weighted by Gasteiger charge is -2.14. The van der Waals surface area contributed by atoms with Crippen molar-refractivity contribution < 1.29 is 14.3 Å². The number of carbonyl (C=O) groups excluding carboxylic acids is 2. The Morgan fingerprint density at radius 1 is 1.40 bits per heavy atom. The molecule has 1 atom stereocenters. The van der Waals surface area contributed by atoms with E-state index in [9.17, 15) is 9.59 Å². The molecule has 0 spiro atoms. The van der Waals surface area contributed by atoms with Gasteiger partial charge < -0.3 is 10.1 Å². The summed E-state index contributed by atoms with van der Waals surface area (Å²) in [7, 11) is 0. The lowest BCUT2D eigenvalue weighted by Crippen LogP contribution is -2.42. The maximum Gasteiger partial charge on any atom is 0.329 e. The standard InChI is InChI=1S/C10H19NO3S/c1-7(2)4-5-14-10(13)9(6-15)11-8(3)12/h7,9,15H,4-6H2,1-3H3,(H,11,12)/t9-/m0/s1. The van der Waals surface area contributed by atoms with Crippen LogP contribution in [0.15, 0.2) is 0 Å². The maximum absolute atomic E-state index is 11.4. The van der Waals surface area contributed by atoms with E-state index in [4.69, 9.17) is 4.74 Å². The van der Waals surface area contributed by atoms with Crippen molar-refractivity contribution in [3.8, 4) is 0 Å². The average Bonchev–Trinajstić information content (AvgIpc) is 2.13. The van der Waals surface area contributed by atoms with E-state index in [1.807, 2.05) is 0 Å². The number of amides is 1. The Balaban J connectivity index is 3.88. The van der Waals surface area contributed by atoms with Crippen LogP contribution in [0, 0.1) is 5.92 Å². The number of rotatable bonds is 6. The first-order valence-corrected chi connectivity index (χ1v) is 5.65. The van der Waals surface area contributed by atoms with Gasteiger partial charge >= 0.3 is 5.97 Å². The van der Waals surface area contributed by atoms with E-state index in [1.165, 1.54) is 6.92 Å². The molecule has 0 heterocycles. The highest BCUT2D eigenvalue weighted by Gasteiger charge is 2.18. The fraction of sp³-hybridized carbons (Fsp3) is 0.800. The summed E-state index contributed by atoms with van der Waals surface area (Å²) in [6, 6.07) is -0.641. The third-order valence-corrected chi connectivity index (χ3v) is 2.15. The molecular formula is C10H19NO3S. The highest BCUT2D eigenvalue weighted by atomic mass is 32.1. The first kappa shape index (κ1) is 14.3. The van der Waals surface area contributed by atoms with E-state index < -0.39 is 12.0 Å². The average molecular weight is 233 g/mol. The van der Waals surface area contributed by atoms with Crippen LogP contribution in [0.5, 0.6) is 0 Å². The Morgan fingerprint density at radius 3 is 2.40 bits per heavy atom. The molecule has 0 unspecified atom stereocenters. The van der Waals surface area contributed by atoms with Gasteiger partial charge in [-0.1, -0.05) is 13.8 Å². The van der Waals surface area contributed by atoms with Gasteiger partial charge in [-0.15, -0.1) is 0 Å². The minimum Gasteiger partial charge on any atom is -0.464 e. The lowest BCUT2D eigenvalue weighted by atomic mass is 10.1.